The Balaban J connectivity index is 3.07. The first kappa shape index (κ1) is 21.2. The molecule has 0 radical (unpaired) electrons. The average Bonchev–Trinajstić information content (AvgIpc) is 2.87. The summed E-state index contributed by atoms with van der Waals surface area (Å²) in [5.41, 5.74) is 0.546. The molecule has 0 saturated heterocycles. The van der Waals surface area contributed by atoms with Crippen molar-refractivity contribution in [3.8, 4) is 0 Å². The summed E-state index contributed by atoms with van der Waals surface area (Å²) in [7, 11) is 0. The number of carbonyl (C=O) groups excluding carboxylic acids is 2. The molecule has 0 bridgehead atoms. The number of anilines is 1. The number of nitrogens with zero attached hydrogens (tertiary/aromatic N) is 3. The quantitative estimate of drug-likeness (QED) is 0.883. The van der Waals surface area contributed by atoms with E-state index in [1.807, 2.05) is 45.4 Å². The van der Waals surface area contributed by atoms with E-state index in [0.29, 0.717) is 12.2 Å². The number of amides is 2. The molecular formula is C19H34N4O2. The maximum Gasteiger partial charge on any atom is 0.245 e. The Hall–Kier alpha value is -1.85. The molecule has 1 heterocycles. The number of rotatable bonds is 5. The van der Waals surface area contributed by atoms with Crippen molar-refractivity contribution in [3.63, 3.8) is 0 Å². The maximum absolute atomic E-state index is 12.5. The fourth-order valence-corrected chi connectivity index (χ4v) is 2.45. The van der Waals surface area contributed by atoms with Crippen LogP contribution in [-0.4, -0.2) is 39.1 Å². The van der Waals surface area contributed by atoms with E-state index in [9.17, 15) is 9.59 Å². The number of hydrogen-bond donors (Lipinski definition) is 1. The molecule has 6 heteroatoms. The fraction of sp³-hybridized carbons (Fsp3) is 0.737. The largest absolute Gasteiger partial charge is 0.331 e. The highest BCUT2D eigenvalue weighted by atomic mass is 16.2. The second-order valence-electron chi connectivity index (χ2n) is 8.76. The SMILES string of the molecule is CCC(=O)N(CC(=O)Nc1cc(C(C)(C)C)nn1C(C)(C)C)C(C)C. The summed E-state index contributed by atoms with van der Waals surface area (Å²) in [6, 6.07) is 1.90. The van der Waals surface area contributed by atoms with Gasteiger partial charge in [0, 0.05) is 23.9 Å². The average molecular weight is 351 g/mol. The molecule has 1 rings (SSSR count). The second kappa shape index (κ2) is 7.58. The first-order chi connectivity index (χ1) is 11.3. The van der Waals surface area contributed by atoms with Gasteiger partial charge in [-0.3, -0.25) is 9.59 Å². The van der Waals surface area contributed by atoms with Crippen LogP contribution in [0.2, 0.25) is 0 Å². The molecule has 1 aromatic rings. The lowest BCUT2D eigenvalue weighted by molar-refractivity contribution is -0.136. The molecule has 6 nitrogen and oxygen atoms in total. The molecule has 0 aliphatic rings. The molecule has 1 aromatic heterocycles. The zero-order valence-corrected chi connectivity index (χ0v) is 17.2. The summed E-state index contributed by atoms with van der Waals surface area (Å²) < 4.78 is 1.84. The van der Waals surface area contributed by atoms with Crippen molar-refractivity contribution in [3.05, 3.63) is 11.8 Å². The summed E-state index contributed by atoms with van der Waals surface area (Å²) in [6.07, 6.45) is 0.388. The number of aromatic nitrogens is 2. The van der Waals surface area contributed by atoms with Crippen molar-refractivity contribution >= 4 is 17.6 Å². The Kier molecular flexibility index (Phi) is 6.43. The predicted octanol–water partition coefficient (Wildman–Crippen LogP) is 3.52. The van der Waals surface area contributed by atoms with Crippen LogP contribution in [0.4, 0.5) is 5.82 Å². The Morgan fingerprint density at radius 1 is 1.20 bits per heavy atom. The van der Waals surface area contributed by atoms with Crippen LogP contribution in [0, 0.1) is 0 Å². The topological polar surface area (TPSA) is 67.2 Å². The molecule has 0 fully saturated rings. The van der Waals surface area contributed by atoms with Crippen molar-refractivity contribution in [1.82, 2.24) is 14.7 Å². The molecule has 0 aliphatic carbocycles. The van der Waals surface area contributed by atoms with E-state index in [0.717, 1.165) is 5.69 Å². The van der Waals surface area contributed by atoms with E-state index in [-0.39, 0.29) is 35.4 Å². The van der Waals surface area contributed by atoms with E-state index < -0.39 is 0 Å². The van der Waals surface area contributed by atoms with E-state index in [2.05, 4.69) is 26.1 Å². The van der Waals surface area contributed by atoms with Gasteiger partial charge >= 0.3 is 0 Å². The summed E-state index contributed by atoms with van der Waals surface area (Å²) in [5.74, 6) is 0.432. The van der Waals surface area contributed by atoms with Gasteiger partial charge in [0.15, 0.2) is 0 Å². The van der Waals surface area contributed by atoms with Crippen LogP contribution in [-0.2, 0) is 20.5 Å². The maximum atomic E-state index is 12.5. The molecule has 2 amide bonds. The molecule has 0 aliphatic heterocycles. The predicted molar refractivity (Wildman–Crippen MR) is 102 cm³/mol. The van der Waals surface area contributed by atoms with Crippen molar-refractivity contribution in [2.45, 2.75) is 85.7 Å². The highest BCUT2D eigenvalue weighted by Crippen LogP contribution is 2.28. The first-order valence-corrected chi connectivity index (χ1v) is 8.97. The Morgan fingerprint density at radius 2 is 1.76 bits per heavy atom. The zero-order valence-electron chi connectivity index (χ0n) is 17.2. The van der Waals surface area contributed by atoms with Crippen LogP contribution < -0.4 is 5.32 Å². The van der Waals surface area contributed by atoms with Gasteiger partial charge in [0.05, 0.1) is 11.2 Å². The smallest absolute Gasteiger partial charge is 0.245 e. The van der Waals surface area contributed by atoms with Gasteiger partial charge in [0.1, 0.15) is 12.4 Å². The molecule has 142 valence electrons. The number of carbonyl (C=O) groups is 2. The molecule has 0 unspecified atom stereocenters. The van der Waals surface area contributed by atoms with Crippen LogP contribution in [0.1, 0.15) is 74.4 Å². The highest BCUT2D eigenvalue weighted by molar-refractivity contribution is 5.94. The van der Waals surface area contributed by atoms with E-state index in [4.69, 9.17) is 5.10 Å². The van der Waals surface area contributed by atoms with E-state index in [1.54, 1.807) is 11.8 Å². The van der Waals surface area contributed by atoms with Gasteiger partial charge in [0.25, 0.3) is 0 Å². The minimum Gasteiger partial charge on any atom is -0.331 e. The van der Waals surface area contributed by atoms with Crippen LogP contribution in [0.3, 0.4) is 0 Å². The normalized spacial score (nSPS) is 12.4. The summed E-state index contributed by atoms with van der Waals surface area (Å²) in [6.45, 7) is 18.1. The van der Waals surface area contributed by atoms with Crippen molar-refractivity contribution in [2.24, 2.45) is 0 Å². The third-order valence-corrected chi connectivity index (χ3v) is 3.94. The molecule has 1 N–H and O–H groups in total. The van der Waals surface area contributed by atoms with Gasteiger partial charge in [0.2, 0.25) is 11.8 Å². The Bertz CT molecular complexity index is 618. The zero-order chi connectivity index (χ0) is 19.6. The van der Waals surface area contributed by atoms with Crippen molar-refractivity contribution < 1.29 is 9.59 Å². The second-order valence-corrected chi connectivity index (χ2v) is 8.76. The number of hydrogen-bond acceptors (Lipinski definition) is 3. The lowest BCUT2D eigenvalue weighted by Crippen LogP contribution is -2.42. The molecule has 25 heavy (non-hydrogen) atoms. The molecular weight excluding hydrogens is 316 g/mol. The van der Waals surface area contributed by atoms with E-state index >= 15 is 0 Å². The Labute approximate surface area is 152 Å². The van der Waals surface area contributed by atoms with Crippen molar-refractivity contribution in [2.75, 3.05) is 11.9 Å². The fourth-order valence-electron chi connectivity index (χ4n) is 2.45. The highest BCUT2D eigenvalue weighted by Gasteiger charge is 2.26. The van der Waals surface area contributed by atoms with Gasteiger partial charge in [-0.05, 0) is 34.6 Å². The summed E-state index contributed by atoms with van der Waals surface area (Å²) in [4.78, 5) is 26.2. The standard InChI is InChI=1S/C19H34N4O2/c1-10-17(25)22(13(2)3)12-16(24)20-15-11-14(18(4,5)6)21-23(15)19(7,8)9/h11,13H,10,12H2,1-9H3,(H,20,24). The van der Waals surface area contributed by atoms with Gasteiger partial charge in [-0.15, -0.1) is 0 Å². The first-order valence-electron chi connectivity index (χ1n) is 8.97. The summed E-state index contributed by atoms with van der Waals surface area (Å²) in [5, 5.41) is 7.63. The molecule has 0 saturated carbocycles. The minimum absolute atomic E-state index is 0.0177. The van der Waals surface area contributed by atoms with Crippen LogP contribution in [0.15, 0.2) is 6.07 Å². The van der Waals surface area contributed by atoms with Gasteiger partial charge in [-0.1, -0.05) is 27.7 Å². The molecule has 0 aromatic carbocycles. The third kappa shape index (κ3) is 5.58. The third-order valence-electron chi connectivity index (χ3n) is 3.94. The van der Waals surface area contributed by atoms with Gasteiger partial charge in [-0.25, -0.2) is 4.68 Å². The summed E-state index contributed by atoms with van der Waals surface area (Å²) >= 11 is 0. The Morgan fingerprint density at radius 3 is 2.16 bits per heavy atom. The van der Waals surface area contributed by atoms with Gasteiger partial charge in [-0.2, -0.15) is 5.10 Å². The van der Waals surface area contributed by atoms with Gasteiger partial charge < -0.3 is 10.2 Å². The lowest BCUT2D eigenvalue weighted by Gasteiger charge is -2.26. The van der Waals surface area contributed by atoms with E-state index in [1.165, 1.54) is 0 Å². The number of nitrogens with one attached hydrogen (secondary N) is 1. The van der Waals surface area contributed by atoms with Crippen LogP contribution in [0.5, 0.6) is 0 Å². The van der Waals surface area contributed by atoms with Crippen LogP contribution in [0.25, 0.3) is 0 Å². The van der Waals surface area contributed by atoms with Crippen LogP contribution >= 0.6 is 0 Å². The molecule has 0 spiro atoms. The minimum atomic E-state index is -0.261. The lowest BCUT2D eigenvalue weighted by atomic mass is 9.92. The van der Waals surface area contributed by atoms with Crippen molar-refractivity contribution in [1.29, 1.82) is 0 Å². The monoisotopic (exact) mass is 350 g/mol. The molecule has 0 atom stereocenters.